The monoisotopic (exact) mass is 387 g/mol. The van der Waals surface area contributed by atoms with Crippen LogP contribution in [0.4, 0.5) is 13.2 Å². The lowest BCUT2D eigenvalue weighted by molar-refractivity contribution is -0.136. The molecule has 3 aromatic rings. The number of carbonyl (C=O) groups is 1. The largest absolute Gasteiger partial charge is 0.418 e. The smallest absolute Gasteiger partial charge is 0.345 e. The number of hydrogen-bond acceptors (Lipinski definition) is 3. The summed E-state index contributed by atoms with van der Waals surface area (Å²) in [6, 6.07) is 9.63. The zero-order valence-corrected chi connectivity index (χ0v) is 15.8. The van der Waals surface area contributed by atoms with E-state index in [2.05, 4.69) is 15.3 Å². The number of nitrogens with zero attached hydrogens (tertiary/aromatic N) is 2. The number of aryl methyl sites for hydroxylation is 1. The third-order valence-corrected chi connectivity index (χ3v) is 4.50. The van der Waals surface area contributed by atoms with Crippen LogP contribution in [0, 0.1) is 6.92 Å². The summed E-state index contributed by atoms with van der Waals surface area (Å²) in [5.41, 5.74) is 0.712. The second-order valence-corrected chi connectivity index (χ2v) is 6.95. The predicted octanol–water partition coefficient (Wildman–Crippen LogP) is 5.01. The summed E-state index contributed by atoms with van der Waals surface area (Å²) in [7, 11) is 0. The lowest BCUT2D eigenvalue weighted by Gasteiger charge is -2.16. The second kappa shape index (κ2) is 7.58. The van der Waals surface area contributed by atoms with E-state index in [9.17, 15) is 18.0 Å². The summed E-state index contributed by atoms with van der Waals surface area (Å²) in [4.78, 5) is 20.6. The fraction of sp³-hybridized carbons (Fsp3) is 0.286. The Labute approximate surface area is 160 Å². The molecule has 0 aliphatic carbocycles. The molecule has 1 aromatic carbocycles. The van der Waals surface area contributed by atoms with Gasteiger partial charge in [-0.25, -0.2) is 4.98 Å². The molecule has 0 unspecified atom stereocenters. The molecule has 0 aliphatic rings. The van der Waals surface area contributed by atoms with Crippen LogP contribution >= 0.6 is 0 Å². The maximum absolute atomic E-state index is 13.6. The molecule has 146 valence electrons. The van der Waals surface area contributed by atoms with Crippen LogP contribution in [0.3, 0.4) is 0 Å². The molecular weight excluding hydrogens is 367 g/mol. The first-order valence-electron chi connectivity index (χ1n) is 8.87. The molecule has 2 heterocycles. The number of benzene rings is 1. The number of aromatic nitrogens is 2. The molecule has 2 aromatic heterocycles. The van der Waals surface area contributed by atoms with Gasteiger partial charge in [-0.05, 0) is 54.3 Å². The third-order valence-electron chi connectivity index (χ3n) is 4.50. The van der Waals surface area contributed by atoms with E-state index in [0.29, 0.717) is 22.2 Å². The first-order chi connectivity index (χ1) is 13.2. The van der Waals surface area contributed by atoms with E-state index in [0.717, 1.165) is 6.07 Å². The molecule has 4 nitrogen and oxygen atoms in total. The molecule has 0 saturated heterocycles. The summed E-state index contributed by atoms with van der Waals surface area (Å²) in [6.45, 7) is 5.52. The molecular formula is C21H20F3N3O. The Hall–Kier alpha value is -2.96. The van der Waals surface area contributed by atoms with Gasteiger partial charge in [0.05, 0.1) is 23.3 Å². The van der Waals surface area contributed by atoms with Gasteiger partial charge < -0.3 is 5.32 Å². The quantitative estimate of drug-likeness (QED) is 0.685. The zero-order chi connectivity index (χ0) is 20.5. The molecule has 7 heteroatoms. The zero-order valence-electron chi connectivity index (χ0n) is 15.8. The van der Waals surface area contributed by atoms with Gasteiger partial charge in [0, 0.05) is 11.6 Å². The van der Waals surface area contributed by atoms with Gasteiger partial charge in [-0.1, -0.05) is 19.9 Å². The third kappa shape index (κ3) is 4.13. The lowest BCUT2D eigenvalue weighted by atomic mass is 9.95. The number of fused-ring (bicyclic) bond motifs is 1. The van der Waals surface area contributed by atoms with Crippen LogP contribution in [-0.4, -0.2) is 15.9 Å². The van der Waals surface area contributed by atoms with Crippen molar-refractivity contribution < 1.29 is 18.0 Å². The predicted molar refractivity (Wildman–Crippen MR) is 101 cm³/mol. The lowest BCUT2D eigenvalue weighted by Crippen LogP contribution is -2.24. The highest BCUT2D eigenvalue weighted by Gasteiger charge is 2.34. The van der Waals surface area contributed by atoms with Gasteiger partial charge in [-0.3, -0.25) is 9.78 Å². The Morgan fingerprint density at radius 1 is 1.18 bits per heavy atom. The topological polar surface area (TPSA) is 54.9 Å². The second-order valence-electron chi connectivity index (χ2n) is 6.95. The van der Waals surface area contributed by atoms with E-state index >= 15 is 0 Å². The highest BCUT2D eigenvalue weighted by molar-refractivity contribution is 5.96. The molecule has 0 radical (unpaired) electrons. The summed E-state index contributed by atoms with van der Waals surface area (Å²) in [6.07, 6.45) is -2.96. The van der Waals surface area contributed by atoms with Crippen LogP contribution in [-0.2, 0) is 12.7 Å². The first-order valence-corrected chi connectivity index (χ1v) is 8.87. The molecule has 0 aliphatic heterocycles. The molecule has 3 rings (SSSR count). The summed E-state index contributed by atoms with van der Waals surface area (Å²) in [5.74, 6) is -0.608. The standard InChI is InChI=1S/C21H20F3N3O/c1-12(2)14-9-16-13(3)8-18(27-19(16)17(10-14)21(22,23)24)20(28)26-11-15-6-4-5-7-25-15/h4-10,12H,11H2,1-3H3,(H,26,28). The summed E-state index contributed by atoms with van der Waals surface area (Å²) in [5, 5.41) is 3.05. The van der Waals surface area contributed by atoms with Crippen LogP contribution in [0.5, 0.6) is 0 Å². The van der Waals surface area contributed by atoms with E-state index in [1.165, 1.54) is 6.07 Å². The molecule has 0 bridgehead atoms. The SMILES string of the molecule is Cc1cc(C(=O)NCc2ccccn2)nc2c(C(F)(F)F)cc(C(C)C)cc12. The van der Waals surface area contributed by atoms with Gasteiger partial charge in [0.15, 0.2) is 0 Å². The van der Waals surface area contributed by atoms with Crippen LogP contribution < -0.4 is 5.32 Å². The number of halogens is 3. The average molecular weight is 387 g/mol. The van der Waals surface area contributed by atoms with Gasteiger partial charge in [-0.2, -0.15) is 13.2 Å². The van der Waals surface area contributed by atoms with Gasteiger partial charge in [0.2, 0.25) is 0 Å². The number of alkyl halides is 3. The van der Waals surface area contributed by atoms with Crippen molar-refractivity contribution >= 4 is 16.8 Å². The van der Waals surface area contributed by atoms with Crippen molar-refractivity contribution in [2.45, 2.75) is 39.4 Å². The Morgan fingerprint density at radius 2 is 1.93 bits per heavy atom. The minimum atomic E-state index is -4.56. The molecule has 28 heavy (non-hydrogen) atoms. The normalized spacial score (nSPS) is 11.8. The first kappa shape index (κ1) is 19.8. The van der Waals surface area contributed by atoms with E-state index < -0.39 is 17.6 Å². The van der Waals surface area contributed by atoms with Gasteiger partial charge in [0.1, 0.15) is 5.69 Å². The van der Waals surface area contributed by atoms with Crippen molar-refractivity contribution in [1.29, 1.82) is 0 Å². The maximum Gasteiger partial charge on any atom is 0.418 e. The van der Waals surface area contributed by atoms with Gasteiger partial charge in [-0.15, -0.1) is 0 Å². The molecule has 0 spiro atoms. The number of carbonyl (C=O) groups excluding carboxylic acids is 1. The van der Waals surface area contributed by atoms with Crippen LogP contribution in [0.1, 0.15) is 52.6 Å². The van der Waals surface area contributed by atoms with Crippen molar-refractivity contribution in [3.8, 4) is 0 Å². The highest BCUT2D eigenvalue weighted by atomic mass is 19.4. The van der Waals surface area contributed by atoms with Gasteiger partial charge >= 0.3 is 6.18 Å². The van der Waals surface area contributed by atoms with E-state index in [4.69, 9.17) is 0 Å². The van der Waals surface area contributed by atoms with Crippen molar-refractivity contribution in [2.24, 2.45) is 0 Å². The Balaban J connectivity index is 2.03. The fourth-order valence-electron chi connectivity index (χ4n) is 2.94. The van der Waals surface area contributed by atoms with Gasteiger partial charge in [0.25, 0.3) is 5.91 Å². The number of nitrogens with one attached hydrogen (secondary N) is 1. The van der Waals surface area contributed by atoms with E-state index in [-0.39, 0.29) is 23.7 Å². The minimum Gasteiger partial charge on any atom is -0.345 e. The van der Waals surface area contributed by atoms with Crippen molar-refractivity contribution in [3.63, 3.8) is 0 Å². The molecule has 0 saturated carbocycles. The average Bonchev–Trinajstić information content (AvgIpc) is 2.65. The Bertz CT molecular complexity index is 1010. The number of hydrogen-bond donors (Lipinski definition) is 1. The molecule has 1 N–H and O–H groups in total. The Morgan fingerprint density at radius 3 is 2.54 bits per heavy atom. The number of amides is 1. The summed E-state index contributed by atoms with van der Waals surface area (Å²) < 4.78 is 40.9. The molecule has 0 fully saturated rings. The van der Waals surface area contributed by atoms with E-state index in [1.54, 1.807) is 37.4 Å². The molecule has 1 amide bonds. The van der Waals surface area contributed by atoms with Crippen molar-refractivity contribution in [3.05, 3.63) is 70.7 Å². The van der Waals surface area contributed by atoms with Crippen molar-refractivity contribution in [2.75, 3.05) is 0 Å². The number of rotatable bonds is 4. The maximum atomic E-state index is 13.6. The van der Waals surface area contributed by atoms with Crippen LogP contribution in [0.2, 0.25) is 0 Å². The van der Waals surface area contributed by atoms with Crippen molar-refractivity contribution in [1.82, 2.24) is 15.3 Å². The van der Waals surface area contributed by atoms with Crippen LogP contribution in [0.25, 0.3) is 10.9 Å². The minimum absolute atomic E-state index is 0.0521. The summed E-state index contributed by atoms with van der Waals surface area (Å²) >= 11 is 0. The fourth-order valence-corrected chi connectivity index (χ4v) is 2.94. The molecule has 0 atom stereocenters. The van der Waals surface area contributed by atoms with Crippen LogP contribution in [0.15, 0.2) is 42.6 Å². The Kier molecular flexibility index (Phi) is 5.36. The number of pyridine rings is 2. The highest BCUT2D eigenvalue weighted by Crippen LogP contribution is 2.37. The van der Waals surface area contributed by atoms with E-state index in [1.807, 2.05) is 13.8 Å².